The Morgan fingerprint density at radius 1 is 1.22 bits per heavy atom. The molecule has 2 aliphatic carbocycles. The number of morpholine rings is 1. The van der Waals surface area contributed by atoms with Crippen molar-refractivity contribution in [3.05, 3.63) is 35.0 Å². The van der Waals surface area contributed by atoms with Crippen molar-refractivity contribution in [2.45, 2.75) is 64.1 Å². The molecule has 3 atom stereocenters. The summed E-state index contributed by atoms with van der Waals surface area (Å²) in [6, 6.07) is 7.68. The smallest absolute Gasteiger partial charge is 0.317 e. The number of aromatic nitrogens is 1. The van der Waals surface area contributed by atoms with E-state index < -0.39 is 0 Å². The van der Waals surface area contributed by atoms with Crippen LogP contribution in [-0.2, 0) is 17.7 Å². The van der Waals surface area contributed by atoms with Crippen molar-refractivity contribution in [2.75, 3.05) is 59.5 Å². The Bertz CT molecular complexity index is 1110. The first kappa shape index (κ1) is 27.2. The van der Waals surface area contributed by atoms with Gasteiger partial charge in [0.15, 0.2) is 0 Å². The molecule has 7 nitrogen and oxygen atoms in total. The normalized spacial score (nSPS) is 26.8. The third-order valence-electron chi connectivity index (χ3n) is 9.45. The standard InChI is InChI=1S/C29H43N5O2.HI/c1-4-32(5-2)29(35)30-21-15-23-22-7-6-8-25-28(22)24(16-27(23)33(18-21)17-20-9-10-20)26(31-25)19-34(3)11-13-36-14-12-34;/h6-8,20-21,23,27,31H,4-5,9-19H2,1-3H3;1H/t21-,23?,27+;/m0./s1. The molecule has 2 N–H and O–H groups in total. The highest BCUT2D eigenvalue weighted by molar-refractivity contribution is 5.89. The zero-order chi connectivity index (χ0) is 24.9. The van der Waals surface area contributed by atoms with Gasteiger partial charge in [0.05, 0.1) is 26.0 Å². The largest absolute Gasteiger partial charge is 1.00 e. The Labute approximate surface area is 238 Å². The second-order valence-electron chi connectivity index (χ2n) is 12.0. The maximum Gasteiger partial charge on any atom is 0.317 e. The number of fused-ring (bicyclic) bond motifs is 2. The van der Waals surface area contributed by atoms with Gasteiger partial charge in [-0.1, -0.05) is 12.1 Å². The van der Waals surface area contributed by atoms with Crippen LogP contribution in [-0.4, -0.2) is 96.9 Å². The Morgan fingerprint density at radius 3 is 2.68 bits per heavy atom. The van der Waals surface area contributed by atoms with E-state index in [1.54, 1.807) is 5.56 Å². The summed E-state index contributed by atoms with van der Waals surface area (Å²) in [5.41, 5.74) is 5.77. The lowest BCUT2D eigenvalue weighted by atomic mass is 9.73. The summed E-state index contributed by atoms with van der Waals surface area (Å²) in [5, 5.41) is 4.89. The molecule has 2 aromatic rings. The molecule has 1 aromatic carbocycles. The fourth-order valence-electron chi connectivity index (χ4n) is 7.14. The van der Waals surface area contributed by atoms with Crippen LogP contribution in [0.1, 0.15) is 55.8 Å². The second kappa shape index (κ2) is 11.0. The highest BCUT2D eigenvalue weighted by Crippen LogP contribution is 2.46. The van der Waals surface area contributed by atoms with Crippen molar-refractivity contribution >= 4 is 16.9 Å². The van der Waals surface area contributed by atoms with Crippen LogP contribution in [0.5, 0.6) is 0 Å². The lowest BCUT2D eigenvalue weighted by Gasteiger charge is -2.48. The van der Waals surface area contributed by atoms with E-state index in [9.17, 15) is 4.79 Å². The molecule has 204 valence electrons. The number of quaternary nitrogens is 1. The molecule has 3 fully saturated rings. The van der Waals surface area contributed by atoms with Crippen LogP contribution >= 0.6 is 0 Å². The lowest BCUT2D eigenvalue weighted by Crippen LogP contribution is -3.00. The minimum Gasteiger partial charge on any atom is -1.00 e. The van der Waals surface area contributed by atoms with Gasteiger partial charge >= 0.3 is 6.03 Å². The number of likely N-dealkylation sites (tertiary alicyclic amines) is 1. The monoisotopic (exact) mass is 621 g/mol. The molecule has 8 heteroatoms. The fraction of sp³-hybridized carbons (Fsp3) is 0.690. The summed E-state index contributed by atoms with van der Waals surface area (Å²) in [6.07, 6.45) is 4.87. The number of halogens is 1. The van der Waals surface area contributed by atoms with Crippen LogP contribution in [0, 0.1) is 5.92 Å². The number of piperidine rings is 1. The number of nitrogens with one attached hydrogen (secondary N) is 2. The molecule has 37 heavy (non-hydrogen) atoms. The van der Waals surface area contributed by atoms with Gasteiger partial charge in [0.2, 0.25) is 0 Å². The summed E-state index contributed by atoms with van der Waals surface area (Å²) in [6.45, 7) is 12.7. The maximum atomic E-state index is 13.0. The summed E-state index contributed by atoms with van der Waals surface area (Å²) in [7, 11) is 2.39. The quantitative estimate of drug-likeness (QED) is 0.354. The number of H-pyrrole nitrogens is 1. The predicted octanol–water partition coefficient (Wildman–Crippen LogP) is 0.693. The third kappa shape index (κ3) is 5.40. The van der Waals surface area contributed by atoms with E-state index in [4.69, 9.17) is 4.74 Å². The SMILES string of the molecule is CCN(CC)C(=O)N[C@H]1CC2c3cccc4[nH]c(C[N+]5(C)CCOCC5)c(c34)C[C@H]2N(CC2CC2)C1.[I-]. The van der Waals surface area contributed by atoms with E-state index >= 15 is 0 Å². The van der Waals surface area contributed by atoms with Crippen LogP contribution in [0.15, 0.2) is 18.2 Å². The van der Waals surface area contributed by atoms with Crippen LogP contribution in [0.25, 0.3) is 10.9 Å². The third-order valence-corrected chi connectivity index (χ3v) is 9.45. The molecule has 1 saturated carbocycles. The van der Waals surface area contributed by atoms with E-state index in [1.807, 2.05) is 4.90 Å². The highest BCUT2D eigenvalue weighted by atomic mass is 127. The Balaban J connectivity index is 0.00000280. The van der Waals surface area contributed by atoms with Crippen molar-refractivity contribution in [2.24, 2.45) is 5.92 Å². The maximum absolute atomic E-state index is 13.0. The number of hydrogen-bond donors (Lipinski definition) is 2. The molecular formula is C29H44IN5O2. The number of benzene rings is 1. The van der Waals surface area contributed by atoms with E-state index in [0.29, 0.717) is 12.0 Å². The average molecular weight is 622 g/mol. The van der Waals surface area contributed by atoms with Gasteiger partial charge in [-0.2, -0.15) is 0 Å². The van der Waals surface area contributed by atoms with Gasteiger partial charge in [-0.05, 0) is 62.6 Å². The number of hydrogen-bond acceptors (Lipinski definition) is 3. The number of urea groups is 1. The molecule has 6 rings (SSSR count). The van der Waals surface area contributed by atoms with Crippen molar-refractivity contribution in [1.29, 1.82) is 0 Å². The predicted molar refractivity (Wildman–Crippen MR) is 143 cm³/mol. The molecule has 2 amide bonds. The summed E-state index contributed by atoms with van der Waals surface area (Å²) >= 11 is 0. The van der Waals surface area contributed by atoms with Gasteiger partial charge in [-0.15, -0.1) is 0 Å². The molecule has 0 bridgehead atoms. The zero-order valence-corrected chi connectivity index (χ0v) is 24.9. The van der Waals surface area contributed by atoms with Crippen LogP contribution in [0.3, 0.4) is 0 Å². The highest BCUT2D eigenvalue weighted by Gasteiger charge is 2.44. The number of likely N-dealkylation sites (N-methyl/N-ethyl adjacent to an activating group) is 1. The molecule has 3 heterocycles. The molecule has 1 aromatic heterocycles. The second-order valence-corrected chi connectivity index (χ2v) is 12.0. The number of nitrogens with zero attached hydrogens (tertiary/aromatic N) is 3. The van der Waals surface area contributed by atoms with Crippen molar-refractivity contribution < 1.29 is 38.0 Å². The van der Waals surface area contributed by atoms with E-state index in [2.05, 4.69) is 54.3 Å². The molecule has 2 saturated heterocycles. The van der Waals surface area contributed by atoms with Gasteiger partial charge in [-0.25, -0.2) is 4.79 Å². The van der Waals surface area contributed by atoms with Gasteiger partial charge in [-0.3, -0.25) is 4.90 Å². The van der Waals surface area contributed by atoms with Gasteiger partial charge in [0.1, 0.15) is 19.6 Å². The Kier molecular flexibility index (Phi) is 8.11. The van der Waals surface area contributed by atoms with Crippen molar-refractivity contribution in [3.63, 3.8) is 0 Å². The first-order chi connectivity index (χ1) is 17.5. The van der Waals surface area contributed by atoms with Gasteiger partial charge in [0, 0.05) is 55.1 Å². The number of carbonyl (C=O) groups is 1. The molecule has 4 aliphatic rings. The number of rotatable bonds is 7. The number of ether oxygens (including phenoxy) is 1. The molecule has 0 spiro atoms. The molecular weight excluding hydrogens is 577 g/mol. The molecule has 1 unspecified atom stereocenters. The number of aromatic amines is 1. The minimum atomic E-state index is 0. The number of carbonyl (C=O) groups excluding carboxylic acids is 1. The average Bonchev–Trinajstić information content (AvgIpc) is 3.62. The van der Waals surface area contributed by atoms with E-state index in [-0.39, 0.29) is 36.0 Å². The van der Waals surface area contributed by atoms with Gasteiger partial charge < -0.3 is 48.4 Å². The summed E-state index contributed by atoms with van der Waals surface area (Å²) < 4.78 is 6.73. The summed E-state index contributed by atoms with van der Waals surface area (Å²) in [4.78, 5) is 21.5. The first-order valence-corrected chi connectivity index (χ1v) is 14.3. The van der Waals surface area contributed by atoms with E-state index in [0.717, 1.165) is 75.7 Å². The van der Waals surface area contributed by atoms with E-state index in [1.165, 1.54) is 41.5 Å². The topological polar surface area (TPSA) is 60.6 Å². The fourth-order valence-corrected chi connectivity index (χ4v) is 7.14. The van der Waals surface area contributed by atoms with Gasteiger partial charge in [0.25, 0.3) is 0 Å². The lowest BCUT2D eigenvalue weighted by molar-refractivity contribution is -0.929. The van der Waals surface area contributed by atoms with Crippen LogP contribution in [0.2, 0.25) is 0 Å². The van der Waals surface area contributed by atoms with Crippen molar-refractivity contribution in [3.8, 4) is 0 Å². The molecule has 0 radical (unpaired) electrons. The number of amides is 2. The first-order valence-electron chi connectivity index (χ1n) is 14.3. The van der Waals surface area contributed by atoms with Crippen LogP contribution in [0.4, 0.5) is 4.79 Å². The minimum absolute atomic E-state index is 0. The zero-order valence-electron chi connectivity index (χ0n) is 22.8. The van der Waals surface area contributed by atoms with Crippen molar-refractivity contribution in [1.82, 2.24) is 20.1 Å². The Morgan fingerprint density at radius 2 is 1.97 bits per heavy atom. The van der Waals surface area contributed by atoms with Crippen LogP contribution < -0.4 is 29.3 Å². The molecule has 2 aliphatic heterocycles. The summed E-state index contributed by atoms with van der Waals surface area (Å²) in [5.74, 6) is 1.30. The Hall–Kier alpha value is -1.36.